The number of nitrogens with one attached hydrogen (secondary N) is 2. The Hall–Kier alpha value is -1.59. The smallest absolute Gasteiger partial charge is 0.191 e. The van der Waals surface area contributed by atoms with Crippen molar-refractivity contribution in [3.05, 3.63) is 35.4 Å². The molecule has 1 aromatic rings. The number of likely N-dealkylation sites (tertiary alicyclic amines) is 1. The van der Waals surface area contributed by atoms with Gasteiger partial charge in [0.05, 0.1) is 6.04 Å². The lowest BCUT2D eigenvalue weighted by Gasteiger charge is -2.35. The lowest BCUT2D eigenvalue weighted by molar-refractivity contribution is 0.167. The quantitative estimate of drug-likeness (QED) is 0.570. The molecule has 1 fully saturated rings. The maximum atomic E-state index is 4.45. The normalized spacial score (nSPS) is 18.1. The van der Waals surface area contributed by atoms with Gasteiger partial charge in [-0.15, -0.1) is 0 Å². The molecule has 1 unspecified atom stereocenters. The summed E-state index contributed by atoms with van der Waals surface area (Å²) in [5.41, 5.74) is 2.72. The molecule has 0 bridgehead atoms. The highest BCUT2D eigenvalue weighted by Crippen LogP contribution is 2.18. The minimum Gasteiger partial charge on any atom is -0.354 e. The molecule has 0 radical (unpaired) electrons. The van der Waals surface area contributed by atoms with E-state index in [2.05, 4.69) is 84.6 Å². The standard InChI is InChI=1S/C22H39N5/c1-7-18-8-10-19(11-9-18)21(26(5)6)16-24-22(23-4)25-20-12-14-27(15-13-20)17(2)3/h8-11,17,20-21H,7,12-16H2,1-6H3,(H2,23,24,25). The van der Waals surface area contributed by atoms with Gasteiger partial charge in [-0.25, -0.2) is 0 Å². The van der Waals surface area contributed by atoms with Crippen molar-refractivity contribution < 1.29 is 0 Å². The summed E-state index contributed by atoms with van der Waals surface area (Å²) < 4.78 is 0. The van der Waals surface area contributed by atoms with Crippen molar-refractivity contribution in [2.24, 2.45) is 4.99 Å². The molecular weight excluding hydrogens is 334 g/mol. The molecule has 1 saturated heterocycles. The number of benzene rings is 1. The predicted octanol–water partition coefficient (Wildman–Crippen LogP) is 2.89. The molecule has 0 aromatic heterocycles. The molecule has 2 N–H and O–H groups in total. The first-order valence-electron chi connectivity index (χ1n) is 10.4. The number of aliphatic imine (C=N–C) groups is 1. The van der Waals surface area contributed by atoms with Crippen LogP contribution in [0, 0.1) is 0 Å². The monoisotopic (exact) mass is 373 g/mol. The molecule has 2 rings (SSSR count). The molecule has 1 aliphatic rings. The summed E-state index contributed by atoms with van der Waals surface area (Å²) in [6.07, 6.45) is 3.43. The number of rotatable bonds is 7. The molecule has 5 heteroatoms. The van der Waals surface area contributed by atoms with Crippen LogP contribution in [0.25, 0.3) is 0 Å². The second-order valence-electron chi connectivity index (χ2n) is 8.08. The van der Waals surface area contributed by atoms with E-state index in [1.165, 1.54) is 24.0 Å². The first kappa shape index (κ1) is 21.7. The number of likely N-dealkylation sites (N-methyl/N-ethyl adjacent to an activating group) is 1. The van der Waals surface area contributed by atoms with Crippen LogP contribution in [0.5, 0.6) is 0 Å². The minimum atomic E-state index is 0.317. The maximum Gasteiger partial charge on any atom is 0.191 e. The topological polar surface area (TPSA) is 42.9 Å². The van der Waals surface area contributed by atoms with Crippen molar-refractivity contribution in [1.29, 1.82) is 0 Å². The van der Waals surface area contributed by atoms with E-state index in [1.54, 1.807) is 0 Å². The average Bonchev–Trinajstić information content (AvgIpc) is 2.67. The van der Waals surface area contributed by atoms with E-state index < -0.39 is 0 Å². The van der Waals surface area contributed by atoms with Crippen LogP contribution in [-0.2, 0) is 6.42 Å². The van der Waals surface area contributed by atoms with Crippen molar-refractivity contribution in [1.82, 2.24) is 20.4 Å². The van der Waals surface area contributed by atoms with Crippen LogP contribution < -0.4 is 10.6 Å². The van der Waals surface area contributed by atoms with Crippen LogP contribution in [0.15, 0.2) is 29.3 Å². The van der Waals surface area contributed by atoms with E-state index in [9.17, 15) is 0 Å². The first-order valence-corrected chi connectivity index (χ1v) is 10.4. The van der Waals surface area contributed by atoms with E-state index >= 15 is 0 Å². The van der Waals surface area contributed by atoms with Crippen LogP contribution in [-0.4, -0.2) is 68.6 Å². The summed E-state index contributed by atoms with van der Waals surface area (Å²) in [6.45, 7) is 9.92. The Morgan fingerprint density at radius 1 is 1.19 bits per heavy atom. The molecule has 1 aliphatic heterocycles. The van der Waals surface area contributed by atoms with Crippen molar-refractivity contribution in [2.45, 2.75) is 58.2 Å². The number of aryl methyl sites for hydroxylation is 1. The number of nitrogens with zero attached hydrogens (tertiary/aromatic N) is 3. The molecule has 0 saturated carbocycles. The average molecular weight is 374 g/mol. The third-order valence-corrected chi connectivity index (χ3v) is 5.68. The van der Waals surface area contributed by atoms with E-state index in [0.717, 1.165) is 32.0 Å². The number of hydrogen-bond donors (Lipinski definition) is 2. The highest BCUT2D eigenvalue weighted by molar-refractivity contribution is 5.80. The van der Waals surface area contributed by atoms with Gasteiger partial charge in [0.2, 0.25) is 0 Å². The Morgan fingerprint density at radius 2 is 1.81 bits per heavy atom. The maximum absolute atomic E-state index is 4.45. The van der Waals surface area contributed by atoms with Gasteiger partial charge in [-0.2, -0.15) is 0 Å². The Balaban J connectivity index is 1.89. The van der Waals surface area contributed by atoms with E-state index in [0.29, 0.717) is 18.1 Å². The summed E-state index contributed by atoms with van der Waals surface area (Å²) in [5.74, 6) is 0.912. The van der Waals surface area contributed by atoms with Crippen LogP contribution in [0.2, 0.25) is 0 Å². The van der Waals surface area contributed by atoms with Crippen molar-refractivity contribution >= 4 is 5.96 Å². The van der Waals surface area contributed by atoms with E-state index in [-0.39, 0.29) is 0 Å². The number of hydrogen-bond acceptors (Lipinski definition) is 3. The molecule has 27 heavy (non-hydrogen) atoms. The Morgan fingerprint density at radius 3 is 2.30 bits per heavy atom. The fraction of sp³-hybridized carbons (Fsp3) is 0.682. The highest BCUT2D eigenvalue weighted by atomic mass is 15.2. The van der Waals surface area contributed by atoms with Gasteiger partial charge in [-0.1, -0.05) is 31.2 Å². The molecule has 0 amide bonds. The van der Waals surface area contributed by atoms with Crippen LogP contribution in [0.1, 0.15) is 50.8 Å². The molecule has 5 nitrogen and oxygen atoms in total. The highest BCUT2D eigenvalue weighted by Gasteiger charge is 2.22. The summed E-state index contributed by atoms with van der Waals surface area (Å²) in [4.78, 5) is 9.27. The molecule has 0 spiro atoms. The first-order chi connectivity index (χ1) is 12.9. The molecule has 152 valence electrons. The van der Waals surface area contributed by atoms with Crippen molar-refractivity contribution in [2.75, 3.05) is 40.8 Å². The largest absolute Gasteiger partial charge is 0.354 e. The van der Waals surface area contributed by atoms with Gasteiger partial charge in [0, 0.05) is 38.8 Å². The molecule has 1 aromatic carbocycles. The second-order valence-corrected chi connectivity index (χ2v) is 8.08. The lowest BCUT2D eigenvalue weighted by atomic mass is 10.0. The Labute approximate surface area is 166 Å². The molecule has 0 aliphatic carbocycles. The zero-order valence-electron chi connectivity index (χ0n) is 18.1. The molecule has 1 heterocycles. The number of guanidine groups is 1. The zero-order chi connectivity index (χ0) is 19.8. The van der Waals surface area contributed by atoms with Gasteiger partial charge in [0.15, 0.2) is 5.96 Å². The summed E-state index contributed by atoms with van der Waals surface area (Å²) in [5, 5.41) is 7.17. The Bertz CT molecular complexity index is 571. The summed E-state index contributed by atoms with van der Waals surface area (Å²) in [6, 6.07) is 10.4. The van der Waals surface area contributed by atoms with Crippen LogP contribution >= 0.6 is 0 Å². The van der Waals surface area contributed by atoms with Crippen LogP contribution in [0.4, 0.5) is 0 Å². The van der Waals surface area contributed by atoms with E-state index in [1.807, 2.05) is 7.05 Å². The van der Waals surface area contributed by atoms with Crippen molar-refractivity contribution in [3.8, 4) is 0 Å². The predicted molar refractivity (Wildman–Crippen MR) is 116 cm³/mol. The molecular formula is C22H39N5. The van der Waals surface area contributed by atoms with E-state index in [4.69, 9.17) is 0 Å². The minimum absolute atomic E-state index is 0.317. The molecule has 1 atom stereocenters. The Kier molecular flexibility index (Phi) is 8.58. The fourth-order valence-electron chi connectivity index (χ4n) is 3.72. The SMILES string of the molecule is CCc1ccc(C(CNC(=NC)NC2CCN(C(C)C)CC2)N(C)C)cc1. The fourth-order valence-corrected chi connectivity index (χ4v) is 3.72. The lowest BCUT2D eigenvalue weighted by Crippen LogP contribution is -2.50. The summed E-state index contributed by atoms with van der Waals surface area (Å²) >= 11 is 0. The van der Waals surface area contributed by atoms with Gasteiger partial charge in [0.25, 0.3) is 0 Å². The number of piperidine rings is 1. The van der Waals surface area contributed by atoms with Gasteiger partial charge in [-0.3, -0.25) is 4.99 Å². The van der Waals surface area contributed by atoms with Gasteiger partial charge in [0.1, 0.15) is 0 Å². The summed E-state index contributed by atoms with van der Waals surface area (Å²) in [7, 11) is 6.13. The van der Waals surface area contributed by atoms with Crippen LogP contribution in [0.3, 0.4) is 0 Å². The van der Waals surface area contributed by atoms with Crippen molar-refractivity contribution in [3.63, 3.8) is 0 Å². The zero-order valence-corrected chi connectivity index (χ0v) is 18.1. The van der Waals surface area contributed by atoms with Gasteiger partial charge in [-0.05, 0) is 58.3 Å². The van der Waals surface area contributed by atoms with Gasteiger partial charge >= 0.3 is 0 Å². The third kappa shape index (κ3) is 6.51. The third-order valence-electron chi connectivity index (χ3n) is 5.68. The second kappa shape index (κ2) is 10.7. The van der Waals surface area contributed by atoms with Gasteiger partial charge < -0.3 is 20.4 Å².